The summed E-state index contributed by atoms with van der Waals surface area (Å²) in [6, 6.07) is 28.6. The molecular formula is C23H15BrO. The van der Waals surface area contributed by atoms with Crippen LogP contribution in [-0.2, 0) is 5.60 Å². The number of fused-ring (bicyclic) bond motifs is 4. The maximum atomic E-state index is 12.1. The molecule has 0 saturated carbocycles. The smallest absolute Gasteiger partial charge is 0.142 e. The molecule has 0 spiro atoms. The first-order valence-corrected chi connectivity index (χ1v) is 9.09. The molecule has 0 aromatic heterocycles. The highest BCUT2D eigenvalue weighted by Gasteiger charge is 2.43. The Morgan fingerprint density at radius 2 is 1.20 bits per heavy atom. The highest BCUT2D eigenvalue weighted by Crippen LogP contribution is 2.52. The van der Waals surface area contributed by atoms with Gasteiger partial charge in [-0.2, -0.15) is 0 Å². The highest BCUT2D eigenvalue weighted by atomic mass is 79.9. The van der Waals surface area contributed by atoms with Crippen molar-refractivity contribution >= 4 is 26.7 Å². The van der Waals surface area contributed by atoms with Crippen molar-refractivity contribution in [2.45, 2.75) is 5.60 Å². The Balaban J connectivity index is 1.95. The third-order valence-corrected chi connectivity index (χ3v) is 5.60. The summed E-state index contributed by atoms with van der Waals surface area (Å²) in [6.45, 7) is 0. The molecule has 4 aromatic rings. The van der Waals surface area contributed by atoms with Gasteiger partial charge in [0.15, 0.2) is 0 Å². The van der Waals surface area contributed by atoms with Gasteiger partial charge in [0.25, 0.3) is 0 Å². The van der Waals surface area contributed by atoms with E-state index < -0.39 is 5.60 Å². The standard InChI is InChI=1S/C23H15BrO/c24-16-13-15-7-1-2-8-17(15)22(14-16)23(25)20-11-5-3-9-18(20)19-10-4-6-12-21(19)23/h1-14,25H. The lowest BCUT2D eigenvalue weighted by molar-refractivity contribution is 0.132. The van der Waals surface area contributed by atoms with Crippen molar-refractivity contribution in [2.24, 2.45) is 0 Å². The normalized spacial score (nSPS) is 14.3. The summed E-state index contributed by atoms with van der Waals surface area (Å²) in [4.78, 5) is 0. The second-order valence-corrected chi connectivity index (χ2v) is 7.39. The van der Waals surface area contributed by atoms with Gasteiger partial charge in [0.1, 0.15) is 5.60 Å². The summed E-state index contributed by atoms with van der Waals surface area (Å²) in [7, 11) is 0. The molecule has 0 radical (unpaired) electrons. The number of aliphatic hydroxyl groups is 1. The molecule has 0 amide bonds. The van der Waals surface area contributed by atoms with Gasteiger partial charge >= 0.3 is 0 Å². The number of halogens is 1. The zero-order chi connectivity index (χ0) is 17.0. The third kappa shape index (κ3) is 1.98. The predicted octanol–water partition coefficient (Wildman–Crippen LogP) is 5.87. The van der Waals surface area contributed by atoms with E-state index in [0.717, 1.165) is 43.1 Å². The number of hydrogen-bond donors (Lipinski definition) is 1. The molecule has 0 bridgehead atoms. The van der Waals surface area contributed by atoms with Gasteiger partial charge in [0.05, 0.1) is 0 Å². The molecule has 0 fully saturated rings. The lowest BCUT2D eigenvalue weighted by atomic mass is 9.82. The van der Waals surface area contributed by atoms with Crippen LogP contribution in [0.3, 0.4) is 0 Å². The lowest BCUT2D eigenvalue weighted by Crippen LogP contribution is -2.26. The third-order valence-electron chi connectivity index (χ3n) is 5.14. The molecule has 0 saturated heterocycles. The summed E-state index contributed by atoms with van der Waals surface area (Å²) < 4.78 is 0.969. The topological polar surface area (TPSA) is 20.2 Å². The van der Waals surface area contributed by atoms with Crippen molar-refractivity contribution in [2.75, 3.05) is 0 Å². The van der Waals surface area contributed by atoms with Gasteiger partial charge in [0, 0.05) is 21.2 Å². The largest absolute Gasteiger partial charge is 0.376 e. The van der Waals surface area contributed by atoms with Gasteiger partial charge in [-0.3, -0.25) is 0 Å². The number of hydrogen-bond acceptors (Lipinski definition) is 1. The Labute approximate surface area is 154 Å². The summed E-state index contributed by atoms with van der Waals surface area (Å²) in [6.07, 6.45) is 0. The molecule has 0 atom stereocenters. The van der Waals surface area contributed by atoms with Crippen molar-refractivity contribution in [3.05, 3.63) is 106 Å². The van der Waals surface area contributed by atoms with Crippen molar-refractivity contribution in [1.82, 2.24) is 0 Å². The van der Waals surface area contributed by atoms with Crippen LogP contribution in [0.5, 0.6) is 0 Å². The van der Waals surface area contributed by atoms with E-state index in [2.05, 4.69) is 46.3 Å². The average Bonchev–Trinajstić information content (AvgIpc) is 2.92. The summed E-state index contributed by atoms with van der Waals surface area (Å²) in [5.74, 6) is 0. The summed E-state index contributed by atoms with van der Waals surface area (Å²) >= 11 is 3.62. The molecule has 5 rings (SSSR count). The molecule has 1 N–H and O–H groups in total. The molecule has 25 heavy (non-hydrogen) atoms. The molecule has 2 heteroatoms. The fourth-order valence-electron chi connectivity index (χ4n) is 4.08. The Morgan fingerprint density at radius 3 is 1.88 bits per heavy atom. The van der Waals surface area contributed by atoms with E-state index in [-0.39, 0.29) is 0 Å². The monoisotopic (exact) mass is 386 g/mol. The summed E-state index contributed by atoms with van der Waals surface area (Å²) in [5, 5.41) is 14.3. The minimum absolute atomic E-state index is 0.912. The molecule has 0 heterocycles. The van der Waals surface area contributed by atoms with E-state index in [1.54, 1.807) is 0 Å². The van der Waals surface area contributed by atoms with Gasteiger partial charge in [-0.05, 0) is 34.0 Å². The zero-order valence-electron chi connectivity index (χ0n) is 13.4. The van der Waals surface area contributed by atoms with Gasteiger partial charge in [-0.1, -0.05) is 88.7 Å². The molecular weight excluding hydrogens is 372 g/mol. The SMILES string of the molecule is OC1(c2cc(Br)cc3ccccc23)c2ccccc2-c2ccccc21. The van der Waals surface area contributed by atoms with Crippen molar-refractivity contribution in [3.63, 3.8) is 0 Å². The lowest BCUT2D eigenvalue weighted by Gasteiger charge is -2.28. The molecule has 0 aliphatic heterocycles. The Kier molecular flexibility index (Phi) is 3.15. The van der Waals surface area contributed by atoms with Crippen LogP contribution in [0.2, 0.25) is 0 Å². The first-order valence-electron chi connectivity index (χ1n) is 8.30. The van der Waals surface area contributed by atoms with Gasteiger partial charge in [-0.15, -0.1) is 0 Å². The number of rotatable bonds is 1. The molecule has 1 aliphatic rings. The zero-order valence-corrected chi connectivity index (χ0v) is 15.0. The van der Waals surface area contributed by atoms with E-state index in [1.807, 2.05) is 54.6 Å². The first kappa shape index (κ1) is 14.9. The van der Waals surface area contributed by atoms with Crippen LogP contribution >= 0.6 is 15.9 Å². The molecule has 4 aromatic carbocycles. The van der Waals surface area contributed by atoms with Crippen molar-refractivity contribution in [3.8, 4) is 11.1 Å². The quantitative estimate of drug-likeness (QED) is 0.433. The molecule has 1 nitrogen and oxygen atoms in total. The van der Waals surface area contributed by atoms with Crippen LogP contribution in [0.4, 0.5) is 0 Å². The second-order valence-electron chi connectivity index (χ2n) is 6.48. The van der Waals surface area contributed by atoms with Crippen molar-refractivity contribution < 1.29 is 5.11 Å². The van der Waals surface area contributed by atoms with Crippen molar-refractivity contribution in [1.29, 1.82) is 0 Å². The minimum Gasteiger partial charge on any atom is -0.376 e. The van der Waals surface area contributed by atoms with Gasteiger partial charge in [0.2, 0.25) is 0 Å². The summed E-state index contributed by atoms with van der Waals surface area (Å²) in [5.41, 5.74) is 3.85. The van der Waals surface area contributed by atoms with Crippen LogP contribution < -0.4 is 0 Å². The maximum Gasteiger partial charge on any atom is 0.142 e. The molecule has 120 valence electrons. The molecule has 1 aliphatic carbocycles. The predicted molar refractivity (Wildman–Crippen MR) is 106 cm³/mol. The fourth-order valence-corrected chi connectivity index (χ4v) is 4.55. The Morgan fingerprint density at radius 1 is 0.640 bits per heavy atom. The van der Waals surface area contributed by atoms with Crippen LogP contribution in [-0.4, -0.2) is 5.11 Å². The van der Waals surface area contributed by atoms with Crippen LogP contribution in [0.1, 0.15) is 16.7 Å². The average molecular weight is 387 g/mol. The van der Waals surface area contributed by atoms with E-state index >= 15 is 0 Å². The van der Waals surface area contributed by atoms with E-state index in [4.69, 9.17) is 0 Å². The highest BCUT2D eigenvalue weighted by molar-refractivity contribution is 9.10. The number of benzene rings is 4. The van der Waals surface area contributed by atoms with E-state index in [9.17, 15) is 5.11 Å². The van der Waals surface area contributed by atoms with Crippen LogP contribution in [0, 0.1) is 0 Å². The van der Waals surface area contributed by atoms with E-state index in [1.165, 1.54) is 0 Å². The maximum absolute atomic E-state index is 12.1. The Bertz CT molecular complexity index is 1080. The van der Waals surface area contributed by atoms with Crippen LogP contribution in [0.25, 0.3) is 21.9 Å². The van der Waals surface area contributed by atoms with E-state index in [0.29, 0.717) is 0 Å². The fraction of sp³-hybridized carbons (Fsp3) is 0.0435. The Hall–Kier alpha value is -2.42. The first-order chi connectivity index (χ1) is 12.2. The minimum atomic E-state index is -1.16. The van der Waals surface area contributed by atoms with Gasteiger partial charge < -0.3 is 5.11 Å². The van der Waals surface area contributed by atoms with Crippen LogP contribution in [0.15, 0.2) is 89.4 Å². The molecule has 0 unspecified atom stereocenters. The van der Waals surface area contributed by atoms with Gasteiger partial charge in [-0.25, -0.2) is 0 Å². The second kappa shape index (κ2) is 5.29.